The van der Waals surface area contributed by atoms with Crippen molar-refractivity contribution in [3.63, 3.8) is 0 Å². The minimum atomic E-state index is -1.17. The Kier molecular flexibility index (Phi) is 2.23. The van der Waals surface area contributed by atoms with Crippen LogP contribution in [0.15, 0.2) is 24.3 Å². The number of rotatable bonds is 2. The van der Waals surface area contributed by atoms with Crippen LogP contribution in [0.5, 0.6) is 0 Å². The maximum Gasteiger partial charge on any atom is 0.0878 e. The largest absolute Gasteiger partial charge is 0.543 e. The van der Waals surface area contributed by atoms with Gasteiger partial charge in [0.1, 0.15) is 0 Å². The van der Waals surface area contributed by atoms with Crippen LogP contribution in [-0.2, 0) is 0 Å². The number of aromatic carboxylic acids is 1. The fourth-order valence-electron chi connectivity index (χ4n) is 1.62. The molecule has 0 amide bonds. The molecule has 1 aromatic carbocycles. The lowest BCUT2D eigenvalue weighted by atomic mass is 10.0. The average Bonchev–Trinajstić information content (AvgIpc) is 2.59. The van der Waals surface area contributed by atoms with Crippen LogP contribution in [0.25, 0.3) is 10.9 Å². The minimum Gasteiger partial charge on any atom is -0.543 e. The van der Waals surface area contributed by atoms with Crippen LogP contribution in [-0.4, -0.2) is 11.0 Å². The third-order valence-electron chi connectivity index (χ3n) is 2.53. The number of aromatic nitrogens is 1. The van der Waals surface area contributed by atoms with Gasteiger partial charge in [-0.3, -0.25) is 0 Å². The van der Waals surface area contributed by atoms with Crippen molar-refractivity contribution in [2.24, 2.45) is 0 Å². The number of hydrogen-bond acceptors (Lipinski definition) is 2. The maximum atomic E-state index is 10.6. The average molecular weight is 202 g/mol. The van der Waals surface area contributed by atoms with E-state index in [9.17, 15) is 9.90 Å². The molecule has 0 bridgehead atoms. The smallest absolute Gasteiger partial charge is 0.0878 e. The number of carboxylic acids is 1. The summed E-state index contributed by atoms with van der Waals surface area (Å²) in [6.45, 7) is 4.21. The Morgan fingerprint density at radius 2 is 2.07 bits per heavy atom. The Bertz CT molecular complexity index is 511. The van der Waals surface area contributed by atoms with E-state index in [0.717, 1.165) is 10.9 Å². The molecule has 0 unspecified atom stereocenters. The molecule has 0 radical (unpaired) electrons. The van der Waals surface area contributed by atoms with Gasteiger partial charge in [0.25, 0.3) is 0 Å². The number of nitrogens with one attached hydrogen (secondary N) is 1. The van der Waals surface area contributed by atoms with Gasteiger partial charge in [-0.15, -0.1) is 0 Å². The number of carboxylic acid groups (broad SMARTS) is 1. The van der Waals surface area contributed by atoms with Crippen molar-refractivity contribution < 1.29 is 9.90 Å². The highest BCUT2D eigenvalue weighted by atomic mass is 16.4. The third-order valence-corrected chi connectivity index (χ3v) is 2.53. The van der Waals surface area contributed by atoms with Gasteiger partial charge in [0.2, 0.25) is 0 Å². The van der Waals surface area contributed by atoms with Gasteiger partial charge in [-0.2, -0.15) is 0 Å². The number of benzene rings is 1. The van der Waals surface area contributed by atoms with Gasteiger partial charge in [-0.1, -0.05) is 19.9 Å². The highest BCUT2D eigenvalue weighted by molar-refractivity contribution is 5.92. The summed E-state index contributed by atoms with van der Waals surface area (Å²) in [6.07, 6.45) is 0. The van der Waals surface area contributed by atoms with E-state index in [0.29, 0.717) is 5.92 Å². The van der Waals surface area contributed by atoms with Crippen LogP contribution >= 0.6 is 0 Å². The predicted octanol–water partition coefficient (Wildman–Crippen LogP) is 1.65. The van der Waals surface area contributed by atoms with E-state index in [1.54, 1.807) is 6.07 Å². The zero-order valence-corrected chi connectivity index (χ0v) is 8.70. The van der Waals surface area contributed by atoms with Crippen molar-refractivity contribution >= 4 is 16.9 Å². The zero-order valence-electron chi connectivity index (χ0n) is 8.70. The SMILES string of the molecule is CC(C)c1ccc2[nH]c(C(=O)[O-])cc2c1. The van der Waals surface area contributed by atoms with Gasteiger partial charge in [-0.05, 0) is 29.7 Å². The van der Waals surface area contributed by atoms with Crippen molar-refractivity contribution in [2.75, 3.05) is 0 Å². The lowest BCUT2D eigenvalue weighted by molar-refractivity contribution is -0.255. The monoisotopic (exact) mass is 202 g/mol. The van der Waals surface area contributed by atoms with E-state index in [-0.39, 0.29) is 5.69 Å². The Morgan fingerprint density at radius 1 is 1.33 bits per heavy atom. The van der Waals surface area contributed by atoms with Crippen molar-refractivity contribution in [3.8, 4) is 0 Å². The van der Waals surface area contributed by atoms with Crippen LogP contribution in [0, 0.1) is 0 Å². The Labute approximate surface area is 87.7 Å². The van der Waals surface area contributed by atoms with Crippen LogP contribution in [0.3, 0.4) is 0 Å². The molecule has 3 nitrogen and oxygen atoms in total. The maximum absolute atomic E-state index is 10.6. The standard InChI is InChI=1S/C12H13NO2/c1-7(2)8-3-4-10-9(5-8)6-11(13-10)12(14)15/h3-7,13H,1-2H3,(H,14,15)/p-1. The number of aromatic amines is 1. The minimum absolute atomic E-state index is 0.130. The second-order valence-electron chi connectivity index (χ2n) is 3.97. The molecule has 0 atom stereocenters. The van der Waals surface area contributed by atoms with E-state index in [1.165, 1.54) is 5.56 Å². The summed E-state index contributed by atoms with van der Waals surface area (Å²) >= 11 is 0. The number of carbonyl (C=O) groups is 1. The molecule has 0 aliphatic rings. The first-order valence-corrected chi connectivity index (χ1v) is 4.92. The summed E-state index contributed by atoms with van der Waals surface area (Å²) in [6, 6.07) is 7.51. The molecule has 2 aromatic rings. The van der Waals surface area contributed by atoms with Gasteiger partial charge in [0, 0.05) is 10.9 Å². The summed E-state index contributed by atoms with van der Waals surface area (Å²) in [4.78, 5) is 13.4. The van der Waals surface area contributed by atoms with Crippen LogP contribution in [0.4, 0.5) is 0 Å². The Hall–Kier alpha value is -1.77. The van der Waals surface area contributed by atoms with Gasteiger partial charge in [0.05, 0.1) is 11.7 Å². The molecular weight excluding hydrogens is 190 g/mol. The number of hydrogen-bond donors (Lipinski definition) is 1. The molecule has 0 fully saturated rings. The molecular formula is C12H12NO2-. The quantitative estimate of drug-likeness (QED) is 0.805. The molecule has 15 heavy (non-hydrogen) atoms. The number of H-pyrrole nitrogens is 1. The van der Waals surface area contributed by atoms with Crippen molar-refractivity contribution in [2.45, 2.75) is 19.8 Å². The molecule has 1 heterocycles. The zero-order chi connectivity index (χ0) is 11.0. The summed E-state index contributed by atoms with van der Waals surface area (Å²) in [7, 11) is 0. The number of fused-ring (bicyclic) bond motifs is 1. The van der Waals surface area contributed by atoms with E-state index in [1.807, 2.05) is 18.2 Å². The molecule has 2 rings (SSSR count). The van der Waals surface area contributed by atoms with Gasteiger partial charge >= 0.3 is 0 Å². The topological polar surface area (TPSA) is 55.9 Å². The first-order chi connectivity index (χ1) is 7.08. The summed E-state index contributed by atoms with van der Waals surface area (Å²) < 4.78 is 0. The van der Waals surface area contributed by atoms with Gasteiger partial charge in [-0.25, -0.2) is 0 Å². The fourth-order valence-corrected chi connectivity index (χ4v) is 1.62. The van der Waals surface area contributed by atoms with E-state index >= 15 is 0 Å². The molecule has 3 heteroatoms. The molecule has 0 aliphatic heterocycles. The highest BCUT2D eigenvalue weighted by Gasteiger charge is 2.04. The summed E-state index contributed by atoms with van der Waals surface area (Å²) in [5, 5.41) is 11.6. The molecule has 0 aliphatic carbocycles. The lowest BCUT2D eigenvalue weighted by Crippen LogP contribution is -2.22. The van der Waals surface area contributed by atoms with Gasteiger partial charge in [0.15, 0.2) is 0 Å². The molecule has 1 aromatic heterocycles. The molecule has 1 N–H and O–H groups in total. The third kappa shape index (κ3) is 1.73. The van der Waals surface area contributed by atoms with Gasteiger partial charge < -0.3 is 14.9 Å². The van der Waals surface area contributed by atoms with Crippen molar-refractivity contribution in [3.05, 3.63) is 35.5 Å². The van der Waals surface area contributed by atoms with Crippen molar-refractivity contribution in [1.29, 1.82) is 0 Å². The van der Waals surface area contributed by atoms with Crippen LogP contribution < -0.4 is 5.11 Å². The van der Waals surface area contributed by atoms with E-state index < -0.39 is 5.97 Å². The lowest BCUT2D eigenvalue weighted by Gasteiger charge is -2.03. The Morgan fingerprint density at radius 3 is 2.67 bits per heavy atom. The van der Waals surface area contributed by atoms with E-state index in [2.05, 4.69) is 18.8 Å². The highest BCUT2D eigenvalue weighted by Crippen LogP contribution is 2.21. The molecule has 0 saturated carbocycles. The van der Waals surface area contributed by atoms with Crippen LogP contribution in [0.2, 0.25) is 0 Å². The van der Waals surface area contributed by atoms with Crippen LogP contribution in [0.1, 0.15) is 35.8 Å². The first kappa shape index (κ1) is 9.77. The summed E-state index contributed by atoms with van der Waals surface area (Å²) in [5.41, 5.74) is 2.16. The Balaban J connectivity index is 2.57. The second kappa shape index (κ2) is 3.42. The normalized spacial score (nSPS) is 11.1. The predicted molar refractivity (Wildman–Crippen MR) is 56.7 cm³/mol. The molecule has 0 spiro atoms. The fraction of sp³-hybridized carbons (Fsp3) is 0.250. The van der Waals surface area contributed by atoms with Crippen molar-refractivity contribution in [1.82, 2.24) is 4.98 Å². The summed E-state index contributed by atoms with van der Waals surface area (Å²) in [5.74, 6) is -0.729. The first-order valence-electron chi connectivity index (χ1n) is 4.92. The number of carbonyl (C=O) groups excluding carboxylic acids is 1. The molecule has 0 saturated heterocycles. The molecule has 78 valence electrons. The second-order valence-corrected chi connectivity index (χ2v) is 3.97. The van der Waals surface area contributed by atoms with E-state index in [4.69, 9.17) is 0 Å².